The van der Waals surface area contributed by atoms with E-state index in [0.717, 1.165) is 23.1 Å². The van der Waals surface area contributed by atoms with Crippen molar-refractivity contribution in [2.75, 3.05) is 38.4 Å². The summed E-state index contributed by atoms with van der Waals surface area (Å²) in [6.07, 6.45) is 1.24. The molecule has 0 spiro atoms. The minimum atomic E-state index is -3.38. The Morgan fingerprint density at radius 3 is 2.08 bits per heavy atom. The maximum Gasteiger partial charge on any atom is 0.225 e. The van der Waals surface area contributed by atoms with Crippen LogP contribution in [-0.4, -0.2) is 51.7 Å². The first kappa shape index (κ1) is 22.6. The molecule has 0 atom stereocenters. The Kier molecular flexibility index (Phi) is 8.73. The SMILES string of the molecule is COCCN(CCC(=O)Nc1c(C(C)C)cccc1C(C)C)S(C)(=O)=O. The molecule has 0 radical (unpaired) electrons. The average molecular weight is 385 g/mol. The molecular weight excluding hydrogens is 352 g/mol. The van der Waals surface area contributed by atoms with Gasteiger partial charge in [-0.1, -0.05) is 45.9 Å². The molecule has 0 saturated carbocycles. The Morgan fingerprint density at radius 1 is 1.12 bits per heavy atom. The van der Waals surface area contributed by atoms with Crippen LogP contribution in [0.4, 0.5) is 5.69 Å². The van der Waals surface area contributed by atoms with Crippen LogP contribution >= 0.6 is 0 Å². The van der Waals surface area contributed by atoms with Crippen LogP contribution < -0.4 is 5.32 Å². The molecule has 1 N–H and O–H groups in total. The number of carbonyl (C=O) groups excluding carboxylic acids is 1. The van der Waals surface area contributed by atoms with E-state index in [1.165, 1.54) is 11.4 Å². The number of carbonyl (C=O) groups is 1. The Bertz CT molecular complexity index is 673. The van der Waals surface area contributed by atoms with Crippen molar-refractivity contribution in [1.29, 1.82) is 0 Å². The number of sulfonamides is 1. The zero-order chi connectivity index (χ0) is 19.9. The predicted octanol–water partition coefficient (Wildman–Crippen LogP) is 3.17. The lowest BCUT2D eigenvalue weighted by atomic mass is 9.92. The largest absolute Gasteiger partial charge is 0.383 e. The second-order valence-corrected chi connectivity index (χ2v) is 9.06. The number of nitrogens with zero attached hydrogens (tertiary/aromatic N) is 1. The molecule has 1 aromatic rings. The fourth-order valence-corrected chi connectivity index (χ4v) is 3.59. The molecular formula is C19H32N2O4S. The summed E-state index contributed by atoms with van der Waals surface area (Å²) in [5.41, 5.74) is 3.03. The standard InChI is InChI=1S/C19H32N2O4S/c1-14(2)16-8-7-9-17(15(3)4)19(16)20-18(22)10-11-21(12-13-25-5)26(6,23)24/h7-9,14-15H,10-13H2,1-6H3,(H,20,22). The lowest BCUT2D eigenvalue weighted by Gasteiger charge is -2.22. The molecule has 6 nitrogen and oxygen atoms in total. The van der Waals surface area contributed by atoms with Crippen molar-refractivity contribution in [3.05, 3.63) is 29.3 Å². The highest BCUT2D eigenvalue weighted by Crippen LogP contribution is 2.32. The van der Waals surface area contributed by atoms with Crippen LogP contribution in [0.1, 0.15) is 57.1 Å². The van der Waals surface area contributed by atoms with Gasteiger partial charge >= 0.3 is 0 Å². The summed E-state index contributed by atoms with van der Waals surface area (Å²) in [6, 6.07) is 6.05. The first-order chi connectivity index (χ1) is 12.1. The number of anilines is 1. The van der Waals surface area contributed by atoms with Gasteiger partial charge in [0.15, 0.2) is 0 Å². The number of hydrogen-bond acceptors (Lipinski definition) is 4. The van der Waals surface area contributed by atoms with Gasteiger partial charge in [0.05, 0.1) is 12.9 Å². The molecule has 0 fully saturated rings. The number of methoxy groups -OCH3 is 1. The molecule has 1 amide bonds. The molecule has 7 heteroatoms. The van der Waals surface area contributed by atoms with E-state index in [1.54, 1.807) is 0 Å². The van der Waals surface area contributed by atoms with Crippen LogP contribution in [0.15, 0.2) is 18.2 Å². The van der Waals surface area contributed by atoms with Crippen molar-refractivity contribution in [3.63, 3.8) is 0 Å². The van der Waals surface area contributed by atoms with Gasteiger partial charge in [-0.15, -0.1) is 0 Å². The minimum absolute atomic E-state index is 0.0980. The Hall–Kier alpha value is -1.44. The molecule has 0 aliphatic heterocycles. The van der Waals surface area contributed by atoms with Gasteiger partial charge in [-0.2, -0.15) is 4.31 Å². The molecule has 0 aliphatic carbocycles. The molecule has 0 bridgehead atoms. The molecule has 1 rings (SSSR count). The first-order valence-corrected chi connectivity index (χ1v) is 10.8. The zero-order valence-corrected chi connectivity index (χ0v) is 17.5. The van der Waals surface area contributed by atoms with Crippen LogP contribution in [-0.2, 0) is 19.6 Å². The monoisotopic (exact) mass is 384 g/mol. The molecule has 0 unspecified atom stereocenters. The topological polar surface area (TPSA) is 75.7 Å². The van der Waals surface area contributed by atoms with Gasteiger partial charge in [-0.25, -0.2) is 8.42 Å². The highest BCUT2D eigenvalue weighted by molar-refractivity contribution is 7.88. The van der Waals surface area contributed by atoms with E-state index < -0.39 is 10.0 Å². The third-order valence-electron chi connectivity index (χ3n) is 4.24. The molecule has 1 aromatic carbocycles. The number of nitrogens with one attached hydrogen (secondary N) is 1. The molecule has 148 valence electrons. The number of para-hydroxylation sites is 1. The number of rotatable bonds is 10. The normalized spacial score (nSPS) is 12.2. The summed E-state index contributed by atoms with van der Waals surface area (Å²) in [6.45, 7) is 9.02. The van der Waals surface area contributed by atoms with Gasteiger partial charge in [0.2, 0.25) is 15.9 Å². The predicted molar refractivity (Wildman–Crippen MR) is 106 cm³/mol. The van der Waals surface area contributed by atoms with Gasteiger partial charge in [0.1, 0.15) is 0 Å². The summed E-state index contributed by atoms with van der Waals surface area (Å²) in [5, 5.41) is 3.01. The van der Waals surface area contributed by atoms with Crippen molar-refractivity contribution < 1.29 is 17.9 Å². The fraction of sp³-hybridized carbons (Fsp3) is 0.632. The average Bonchev–Trinajstić information content (AvgIpc) is 2.53. The molecule has 0 aliphatic rings. The minimum Gasteiger partial charge on any atom is -0.383 e. The number of benzene rings is 1. The van der Waals surface area contributed by atoms with Crippen molar-refractivity contribution in [2.45, 2.75) is 46.0 Å². The number of hydrogen-bond donors (Lipinski definition) is 1. The molecule has 0 aromatic heterocycles. The van der Waals surface area contributed by atoms with Crippen molar-refractivity contribution >= 4 is 21.6 Å². The second-order valence-electron chi connectivity index (χ2n) is 7.07. The van der Waals surface area contributed by atoms with E-state index in [0.29, 0.717) is 6.61 Å². The third-order valence-corrected chi connectivity index (χ3v) is 5.54. The lowest BCUT2D eigenvalue weighted by Crippen LogP contribution is -2.35. The fourth-order valence-electron chi connectivity index (χ4n) is 2.76. The summed E-state index contributed by atoms with van der Waals surface area (Å²) < 4.78 is 29.9. The van der Waals surface area contributed by atoms with Gasteiger partial charge < -0.3 is 10.1 Å². The first-order valence-electron chi connectivity index (χ1n) is 8.94. The van der Waals surface area contributed by atoms with E-state index in [4.69, 9.17) is 4.74 Å². The molecule has 26 heavy (non-hydrogen) atoms. The smallest absolute Gasteiger partial charge is 0.225 e. The van der Waals surface area contributed by atoms with Crippen LogP contribution in [0, 0.1) is 0 Å². The van der Waals surface area contributed by atoms with E-state index in [1.807, 2.05) is 18.2 Å². The summed E-state index contributed by atoms with van der Waals surface area (Å²) >= 11 is 0. The summed E-state index contributed by atoms with van der Waals surface area (Å²) in [7, 11) is -1.86. The van der Waals surface area contributed by atoms with Gasteiger partial charge in [0, 0.05) is 32.3 Å². The quantitative estimate of drug-likeness (QED) is 0.672. The van der Waals surface area contributed by atoms with Crippen molar-refractivity contribution in [2.24, 2.45) is 0 Å². The summed E-state index contributed by atoms with van der Waals surface area (Å²) in [5.74, 6) is 0.363. The van der Waals surface area contributed by atoms with Crippen LogP contribution in [0.25, 0.3) is 0 Å². The van der Waals surface area contributed by atoms with Crippen LogP contribution in [0.3, 0.4) is 0 Å². The second kappa shape index (κ2) is 10.0. The highest BCUT2D eigenvalue weighted by Gasteiger charge is 2.19. The maximum absolute atomic E-state index is 12.5. The number of amides is 1. The van der Waals surface area contributed by atoms with Crippen LogP contribution in [0.5, 0.6) is 0 Å². The number of ether oxygens (including phenoxy) is 1. The van der Waals surface area contributed by atoms with E-state index in [9.17, 15) is 13.2 Å². The highest BCUT2D eigenvalue weighted by atomic mass is 32.2. The van der Waals surface area contributed by atoms with E-state index in [2.05, 4.69) is 33.0 Å². The van der Waals surface area contributed by atoms with Crippen molar-refractivity contribution in [3.8, 4) is 0 Å². The van der Waals surface area contributed by atoms with Crippen molar-refractivity contribution in [1.82, 2.24) is 4.31 Å². The summed E-state index contributed by atoms with van der Waals surface area (Å²) in [4.78, 5) is 12.5. The van der Waals surface area contributed by atoms with E-state index >= 15 is 0 Å². The Morgan fingerprint density at radius 2 is 1.65 bits per heavy atom. The Labute approximate surface area is 158 Å². The zero-order valence-electron chi connectivity index (χ0n) is 16.7. The molecule has 0 saturated heterocycles. The maximum atomic E-state index is 12.5. The van der Waals surface area contributed by atoms with Gasteiger partial charge in [-0.05, 0) is 23.0 Å². The lowest BCUT2D eigenvalue weighted by molar-refractivity contribution is -0.116. The molecule has 0 heterocycles. The third kappa shape index (κ3) is 6.70. The Balaban J connectivity index is 2.90. The van der Waals surface area contributed by atoms with Gasteiger partial charge in [-0.3, -0.25) is 4.79 Å². The van der Waals surface area contributed by atoms with E-state index in [-0.39, 0.29) is 37.3 Å². The van der Waals surface area contributed by atoms with Crippen LogP contribution in [0.2, 0.25) is 0 Å². The van der Waals surface area contributed by atoms with Gasteiger partial charge in [0.25, 0.3) is 0 Å².